The number of nitriles is 1. The van der Waals surface area contributed by atoms with Crippen LogP contribution in [0.2, 0.25) is 0 Å². The summed E-state index contributed by atoms with van der Waals surface area (Å²) in [4.78, 5) is 0. The summed E-state index contributed by atoms with van der Waals surface area (Å²) in [6.07, 6.45) is 2.78. The lowest BCUT2D eigenvalue weighted by atomic mass is 9.98. The molecule has 0 spiro atoms. The van der Waals surface area contributed by atoms with Crippen molar-refractivity contribution in [1.29, 1.82) is 5.26 Å². The minimum atomic E-state index is -0.269. The molecule has 0 saturated heterocycles. The number of aryl methyl sites for hydroxylation is 2. The molecule has 6 heteroatoms. The molecule has 0 saturated carbocycles. The highest BCUT2D eigenvalue weighted by atomic mass is 19.1. The molecule has 0 fully saturated rings. The lowest BCUT2D eigenvalue weighted by Gasteiger charge is -2.12. The largest absolute Gasteiger partial charge is 0.496 e. The summed E-state index contributed by atoms with van der Waals surface area (Å²) >= 11 is 0. The van der Waals surface area contributed by atoms with Crippen molar-refractivity contribution in [2.24, 2.45) is 0 Å². The summed E-state index contributed by atoms with van der Waals surface area (Å²) in [5.74, 6) is 0.281. The Kier molecular flexibility index (Phi) is 4.96. The van der Waals surface area contributed by atoms with Gasteiger partial charge < -0.3 is 4.74 Å². The molecule has 29 heavy (non-hydrogen) atoms. The van der Waals surface area contributed by atoms with Crippen molar-refractivity contribution in [1.82, 2.24) is 14.6 Å². The first kappa shape index (κ1) is 18.6. The highest BCUT2D eigenvalue weighted by Crippen LogP contribution is 2.29. The first-order valence-corrected chi connectivity index (χ1v) is 9.26. The third-order valence-corrected chi connectivity index (χ3v) is 5.11. The number of fused-ring (bicyclic) bond motifs is 1. The lowest BCUT2D eigenvalue weighted by molar-refractivity contribution is 0.404. The molecule has 0 radical (unpaired) electrons. The van der Waals surface area contributed by atoms with Crippen molar-refractivity contribution < 1.29 is 9.13 Å². The predicted octanol–water partition coefficient (Wildman–Crippen LogP) is 4.51. The van der Waals surface area contributed by atoms with Crippen molar-refractivity contribution in [2.75, 3.05) is 7.11 Å². The number of rotatable bonds is 5. The van der Waals surface area contributed by atoms with Gasteiger partial charge in [-0.2, -0.15) is 5.26 Å². The van der Waals surface area contributed by atoms with Gasteiger partial charge in [-0.1, -0.05) is 12.1 Å². The minimum Gasteiger partial charge on any atom is -0.496 e. The van der Waals surface area contributed by atoms with E-state index in [1.165, 1.54) is 6.07 Å². The molecule has 5 nitrogen and oxygen atoms in total. The first-order valence-electron chi connectivity index (χ1n) is 9.26. The van der Waals surface area contributed by atoms with Gasteiger partial charge in [0.1, 0.15) is 17.9 Å². The van der Waals surface area contributed by atoms with E-state index in [0.717, 1.165) is 28.0 Å². The third-order valence-electron chi connectivity index (χ3n) is 5.11. The number of methoxy groups -OCH3 is 1. The van der Waals surface area contributed by atoms with Gasteiger partial charge in [-0.05, 0) is 67.3 Å². The Morgan fingerprint density at radius 3 is 2.69 bits per heavy atom. The Morgan fingerprint density at radius 1 is 1.10 bits per heavy atom. The number of hydrogen-bond donors (Lipinski definition) is 0. The number of ether oxygens (including phenoxy) is 1. The van der Waals surface area contributed by atoms with E-state index < -0.39 is 0 Å². The fraction of sp³-hybridized carbons (Fsp3) is 0.174. The topological polar surface area (TPSA) is 63.2 Å². The molecule has 0 aliphatic rings. The molecule has 4 aromatic rings. The number of halogens is 1. The van der Waals surface area contributed by atoms with Crippen LogP contribution in [0.5, 0.6) is 5.75 Å². The number of nitrogens with zero attached hydrogens (tertiary/aromatic N) is 4. The van der Waals surface area contributed by atoms with Gasteiger partial charge in [-0.15, -0.1) is 10.2 Å². The maximum Gasteiger partial charge on any atom is 0.168 e. The maximum absolute atomic E-state index is 14.3. The van der Waals surface area contributed by atoms with Crippen molar-refractivity contribution >= 4 is 5.65 Å². The molecule has 0 aliphatic carbocycles. The van der Waals surface area contributed by atoms with Crippen LogP contribution in [0.1, 0.15) is 22.4 Å². The average Bonchev–Trinajstić information content (AvgIpc) is 3.23. The second-order valence-electron chi connectivity index (χ2n) is 6.83. The van der Waals surface area contributed by atoms with Crippen LogP contribution in [-0.4, -0.2) is 21.7 Å². The second kappa shape index (κ2) is 7.72. The van der Waals surface area contributed by atoms with E-state index in [0.29, 0.717) is 29.7 Å². The Morgan fingerprint density at radius 2 is 1.93 bits per heavy atom. The molecular formula is C23H19FN4O. The molecule has 0 aliphatic heterocycles. The Balaban J connectivity index is 1.70. The van der Waals surface area contributed by atoms with Gasteiger partial charge in [-0.25, -0.2) is 4.39 Å². The highest BCUT2D eigenvalue weighted by molar-refractivity contribution is 5.80. The van der Waals surface area contributed by atoms with Crippen LogP contribution >= 0.6 is 0 Å². The van der Waals surface area contributed by atoms with Crippen LogP contribution < -0.4 is 4.74 Å². The summed E-state index contributed by atoms with van der Waals surface area (Å²) in [6.45, 7) is 1.97. The van der Waals surface area contributed by atoms with Crippen LogP contribution in [0.15, 0.2) is 54.9 Å². The van der Waals surface area contributed by atoms with Crippen LogP contribution in [0.3, 0.4) is 0 Å². The van der Waals surface area contributed by atoms with Gasteiger partial charge >= 0.3 is 0 Å². The lowest BCUT2D eigenvalue weighted by Crippen LogP contribution is -2.03. The smallest absolute Gasteiger partial charge is 0.168 e. The van der Waals surface area contributed by atoms with Gasteiger partial charge in [-0.3, -0.25) is 4.40 Å². The van der Waals surface area contributed by atoms with Crippen molar-refractivity contribution in [3.8, 4) is 22.9 Å². The van der Waals surface area contributed by atoms with E-state index >= 15 is 0 Å². The number of aromatic nitrogens is 3. The molecule has 144 valence electrons. The van der Waals surface area contributed by atoms with Crippen LogP contribution in [0.25, 0.3) is 16.8 Å². The van der Waals surface area contributed by atoms with Crippen molar-refractivity contribution in [3.63, 3.8) is 0 Å². The molecule has 2 aromatic carbocycles. The monoisotopic (exact) mass is 386 g/mol. The molecule has 0 bridgehead atoms. The fourth-order valence-electron chi connectivity index (χ4n) is 3.64. The molecule has 4 rings (SSSR count). The van der Waals surface area contributed by atoms with Crippen LogP contribution in [0.4, 0.5) is 4.39 Å². The van der Waals surface area contributed by atoms with Gasteiger partial charge in [0, 0.05) is 16.8 Å². The predicted molar refractivity (Wildman–Crippen MR) is 108 cm³/mol. The zero-order chi connectivity index (χ0) is 20.4. The van der Waals surface area contributed by atoms with Crippen molar-refractivity contribution in [2.45, 2.75) is 19.8 Å². The average molecular weight is 386 g/mol. The quantitative estimate of drug-likeness (QED) is 0.506. The SMILES string of the molecule is COc1cccc(F)c1CCc1ccc(-c2ccc(C#N)cc2C)c2nncn12. The zero-order valence-corrected chi connectivity index (χ0v) is 16.2. The van der Waals surface area contributed by atoms with E-state index in [1.807, 2.05) is 35.6 Å². The van der Waals surface area contributed by atoms with E-state index in [1.54, 1.807) is 31.6 Å². The number of hydrogen-bond acceptors (Lipinski definition) is 4. The van der Waals surface area contributed by atoms with Gasteiger partial charge in [0.05, 0.1) is 18.7 Å². The van der Waals surface area contributed by atoms with Gasteiger partial charge in [0.25, 0.3) is 0 Å². The molecular weight excluding hydrogens is 367 g/mol. The summed E-state index contributed by atoms with van der Waals surface area (Å²) < 4.78 is 21.5. The summed E-state index contributed by atoms with van der Waals surface area (Å²) in [5.41, 5.74) is 5.84. The van der Waals surface area contributed by atoms with Crippen molar-refractivity contribution in [3.05, 3.63) is 83.1 Å². The van der Waals surface area contributed by atoms with E-state index in [-0.39, 0.29) is 5.82 Å². The summed E-state index contributed by atoms with van der Waals surface area (Å²) in [5, 5.41) is 17.5. The molecule has 0 unspecified atom stereocenters. The molecule has 2 aromatic heterocycles. The van der Waals surface area contributed by atoms with Crippen LogP contribution in [0, 0.1) is 24.1 Å². The molecule has 2 heterocycles. The van der Waals surface area contributed by atoms with Crippen LogP contribution in [-0.2, 0) is 12.8 Å². The normalized spacial score (nSPS) is 10.8. The van der Waals surface area contributed by atoms with E-state index in [4.69, 9.17) is 10.00 Å². The Labute approximate surface area is 168 Å². The molecule has 0 atom stereocenters. The summed E-state index contributed by atoms with van der Waals surface area (Å²) in [6, 6.07) is 16.6. The molecule has 0 amide bonds. The van der Waals surface area contributed by atoms with Gasteiger partial charge in [0.2, 0.25) is 0 Å². The fourth-order valence-corrected chi connectivity index (χ4v) is 3.64. The Bertz CT molecular complexity index is 1240. The standard InChI is InChI=1S/C23H19FN4O/c1-15-12-16(13-25)6-9-18(15)19-10-7-17(28-14-26-27-23(19)28)8-11-20-21(24)4-3-5-22(20)29-2/h3-7,9-10,12,14H,8,11H2,1-2H3. The van der Waals surface area contributed by atoms with Gasteiger partial charge in [0.15, 0.2) is 5.65 Å². The zero-order valence-electron chi connectivity index (χ0n) is 16.2. The molecule has 0 N–H and O–H groups in total. The Hall–Kier alpha value is -3.72. The maximum atomic E-state index is 14.3. The number of benzene rings is 2. The summed E-state index contributed by atoms with van der Waals surface area (Å²) in [7, 11) is 1.55. The minimum absolute atomic E-state index is 0.269. The number of pyridine rings is 1. The van der Waals surface area contributed by atoms with E-state index in [9.17, 15) is 4.39 Å². The second-order valence-corrected chi connectivity index (χ2v) is 6.83. The first-order chi connectivity index (χ1) is 14.1. The van der Waals surface area contributed by atoms with E-state index in [2.05, 4.69) is 16.3 Å². The third kappa shape index (κ3) is 3.43. The highest BCUT2D eigenvalue weighted by Gasteiger charge is 2.14.